The Morgan fingerprint density at radius 2 is 2.00 bits per heavy atom. The van der Waals surface area contributed by atoms with Crippen molar-refractivity contribution in [2.45, 2.75) is 46.1 Å². The van der Waals surface area contributed by atoms with Gasteiger partial charge in [-0.3, -0.25) is 4.79 Å². The quantitative estimate of drug-likeness (QED) is 0.649. The fourth-order valence-electron chi connectivity index (χ4n) is 1.21. The highest BCUT2D eigenvalue weighted by atomic mass is 16.5. The van der Waals surface area contributed by atoms with Crippen molar-refractivity contribution in [3.05, 3.63) is 0 Å². The summed E-state index contributed by atoms with van der Waals surface area (Å²) < 4.78 is 4.89. The molecule has 0 radical (unpaired) electrons. The minimum atomic E-state index is -0.644. The van der Waals surface area contributed by atoms with Gasteiger partial charge in [0.05, 0.1) is 6.61 Å². The first-order valence-electron chi connectivity index (χ1n) is 5.70. The van der Waals surface area contributed by atoms with Crippen LogP contribution in [0.1, 0.15) is 40.0 Å². The topological polar surface area (TPSA) is 81.4 Å². The van der Waals surface area contributed by atoms with Crippen molar-refractivity contribution in [3.63, 3.8) is 0 Å². The molecular weight excluding hydrogens is 208 g/mol. The summed E-state index contributed by atoms with van der Waals surface area (Å²) in [5.41, 5.74) is 5.18. The monoisotopic (exact) mass is 230 g/mol. The van der Waals surface area contributed by atoms with E-state index < -0.39 is 18.0 Å². The molecule has 0 bridgehead atoms. The van der Waals surface area contributed by atoms with Gasteiger partial charge >= 0.3 is 6.09 Å². The molecule has 0 heterocycles. The Bertz CT molecular complexity index is 229. The second-order valence-electron chi connectivity index (χ2n) is 4.22. The summed E-state index contributed by atoms with van der Waals surface area (Å²) in [6, 6.07) is -0.644. The Morgan fingerprint density at radius 1 is 1.38 bits per heavy atom. The number of nitrogens with two attached hydrogens (primary N) is 1. The summed E-state index contributed by atoms with van der Waals surface area (Å²) in [5.74, 6) is -0.241. The molecule has 94 valence electrons. The largest absolute Gasteiger partial charge is 0.450 e. The lowest BCUT2D eigenvalue weighted by atomic mass is 10.0. The normalized spacial score (nSPS) is 12.2. The van der Waals surface area contributed by atoms with Crippen molar-refractivity contribution < 1.29 is 14.3 Å². The molecule has 0 aliphatic rings. The summed E-state index contributed by atoms with van der Waals surface area (Å²) in [6.07, 6.45) is 1.73. The van der Waals surface area contributed by atoms with Gasteiger partial charge in [-0.2, -0.15) is 0 Å². The van der Waals surface area contributed by atoms with E-state index in [0.29, 0.717) is 13.0 Å². The lowest BCUT2D eigenvalue weighted by molar-refractivity contribution is -0.120. The molecule has 16 heavy (non-hydrogen) atoms. The summed E-state index contributed by atoms with van der Waals surface area (Å²) in [4.78, 5) is 22.3. The smallest absolute Gasteiger partial charge is 0.407 e. The predicted octanol–water partition coefficient (Wildman–Crippen LogP) is 1.41. The molecule has 0 spiro atoms. The Hall–Kier alpha value is -1.26. The lowest BCUT2D eigenvalue weighted by Crippen LogP contribution is -2.45. The Morgan fingerprint density at radius 3 is 2.44 bits per heavy atom. The SMILES string of the molecule is CCCCOC(=O)N[C@@H](CC(C)C)C(N)=O. The number of nitrogens with one attached hydrogen (secondary N) is 1. The van der Waals surface area contributed by atoms with Crippen molar-refractivity contribution >= 4 is 12.0 Å². The van der Waals surface area contributed by atoms with Gasteiger partial charge in [-0.05, 0) is 18.8 Å². The number of rotatable bonds is 7. The summed E-state index contributed by atoms with van der Waals surface area (Å²) in [7, 11) is 0. The number of unbranched alkanes of at least 4 members (excludes halogenated alkanes) is 1. The van der Waals surface area contributed by atoms with Crippen molar-refractivity contribution in [2.24, 2.45) is 11.7 Å². The van der Waals surface area contributed by atoms with Gasteiger partial charge in [-0.25, -0.2) is 4.79 Å². The van der Waals surface area contributed by atoms with Crippen LogP contribution in [-0.4, -0.2) is 24.6 Å². The number of alkyl carbamates (subject to hydrolysis) is 1. The molecule has 5 nitrogen and oxygen atoms in total. The van der Waals surface area contributed by atoms with Gasteiger partial charge in [-0.15, -0.1) is 0 Å². The third kappa shape index (κ3) is 7.09. The molecule has 3 N–H and O–H groups in total. The van der Waals surface area contributed by atoms with Gasteiger partial charge in [-0.1, -0.05) is 27.2 Å². The van der Waals surface area contributed by atoms with E-state index in [1.807, 2.05) is 20.8 Å². The predicted molar refractivity (Wildman–Crippen MR) is 61.8 cm³/mol. The molecular formula is C11H22N2O3. The number of hydrogen-bond donors (Lipinski definition) is 2. The highest BCUT2D eigenvalue weighted by molar-refractivity contribution is 5.84. The van der Waals surface area contributed by atoms with Gasteiger partial charge < -0.3 is 15.8 Å². The van der Waals surface area contributed by atoms with Crippen LogP contribution >= 0.6 is 0 Å². The average molecular weight is 230 g/mol. The molecule has 0 rings (SSSR count). The van der Waals surface area contributed by atoms with Crippen LogP contribution in [0.25, 0.3) is 0 Å². The fraction of sp³-hybridized carbons (Fsp3) is 0.818. The van der Waals surface area contributed by atoms with Crippen LogP contribution < -0.4 is 11.1 Å². The van der Waals surface area contributed by atoms with Gasteiger partial charge in [0.2, 0.25) is 5.91 Å². The molecule has 1 atom stereocenters. The van der Waals surface area contributed by atoms with E-state index in [1.54, 1.807) is 0 Å². The number of carbonyl (C=O) groups is 2. The summed E-state index contributed by atoms with van der Waals surface area (Å²) in [6.45, 7) is 6.29. The Kier molecular flexibility index (Phi) is 7.33. The maximum absolute atomic E-state index is 11.3. The van der Waals surface area contributed by atoms with E-state index in [9.17, 15) is 9.59 Å². The van der Waals surface area contributed by atoms with Crippen LogP contribution in [0.3, 0.4) is 0 Å². The molecule has 5 heteroatoms. The molecule has 0 saturated heterocycles. The van der Waals surface area contributed by atoms with E-state index in [4.69, 9.17) is 10.5 Å². The lowest BCUT2D eigenvalue weighted by Gasteiger charge is -2.17. The second-order valence-corrected chi connectivity index (χ2v) is 4.22. The minimum absolute atomic E-state index is 0.286. The van der Waals surface area contributed by atoms with Crippen LogP contribution in [0.2, 0.25) is 0 Å². The Balaban J connectivity index is 3.98. The fourth-order valence-corrected chi connectivity index (χ4v) is 1.21. The van der Waals surface area contributed by atoms with Crippen LogP contribution in [0.4, 0.5) is 4.79 Å². The van der Waals surface area contributed by atoms with Gasteiger partial charge in [0.15, 0.2) is 0 Å². The van der Waals surface area contributed by atoms with E-state index >= 15 is 0 Å². The molecule has 2 amide bonds. The van der Waals surface area contributed by atoms with Crippen LogP contribution in [0, 0.1) is 5.92 Å². The molecule has 0 fully saturated rings. The van der Waals surface area contributed by atoms with Gasteiger partial charge in [0.25, 0.3) is 0 Å². The molecule has 0 unspecified atom stereocenters. The zero-order valence-electron chi connectivity index (χ0n) is 10.3. The van der Waals surface area contributed by atoms with Crippen molar-refractivity contribution in [3.8, 4) is 0 Å². The molecule has 0 aliphatic heterocycles. The van der Waals surface area contributed by atoms with Crippen molar-refractivity contribution in [2.75, 3.05) is 6.61 Å². The first-order chi connectivity index (χ1) is 7.47. The first-order valence-corrected chi connectivity index (χ1v) is 5.70. The van der Waals surface area contributed by atoms with E-state index in [0.717, 1.165) is 12.8 Å². The third-order valence-corrected chi connectivity index (χ3v) is 2.07. The summed E-state index contributed by atoms with van der Waals surface area (Å²) >= 11 is 0. The zero-order chi connectivity index (χ0) is 12.6. The van der Waals surface area contributed by atoms with Crippen molar-refractivity contribution in [1.82, 2.24) is 5.32 Å². The molecule has 0 aliphatic carbocycles. The van der Waals surface area contributed by atoms with Crippen molar-refractivity contribution in [1.29, 1.82) is 0 Å². The van der Waals surface area contributed by atoms with Gasteiger partial charge in [0, 0.05) is 0 Å². The van der Waals surface area contributed by atoms with Crippen LogP contribution in [0.15, 0.2) is 0 Å². The second kappa shape index (κ2) is 7.96. The minimum Gasteiger partial charge on any atom is -0.450 e. The summed E-state index contributed by atoms with van der Waals surface area (Å²) in [5, 5.41) is 2.47. The molecule has 0 aromatic carbocycles. The highest BCUT2D eigenvalue weighted by Gasteiger charge is 2.19. The maximum Gasteiger partial charge on any atom is 0.407 e. The first kappa shape index (κ1) is 14.7. The molecule has 0 aromatic heterocycles. The van der Waals surface area contributed by atoms with E-state index in [-0.39, 0.29) is 5.92 Å². The molecule has 0 saturated carbocycles. The van der Waals surface area contributed by atoms with E-state index in [1.165, 1.54) is 0 Å². The van der Waals surface area contributed by atoms with Crippen LogP contribution in [-0.2, 0) is 9.53 Å². The Labute approximate surface area is 96.7 Å². The number of carbonyl (C=O) groups excluding carboxylic acids is 2. The number of primary amides is 1. The standard InChI is InChI=1S/C11H22N2O3/c1-4-5-6-16-11(15)13-9(10(12)14)7-8(2)3/h8-9H,4-7H2,1-3H3,(H2,12,14)(H,13,15)/t9-/m0/s1. The highest BCUT2D eigenvalue weighted by Crippen LogP contribution is 2.04. The third-order valence-electron chi connectivity index (χ3n) is 2.07. The number of hydrogen-bond acceptors (Lipinski definition) is 3. The maximum atomic E-state index is 11.3. The zero-order valence-corrected chi connectivity index (χ0v) is 10.3. The number of amides is 2. The van der Waals surface area contributed by atoms with Gasteiger partial charge in [0.1, 0.15) is 6.04 Å². The molecule has 0 aromatic rings. The van der Waals surface area contributed by atoms with E-state index in [2.05, 4.69) is 5.32 Å². The number of ether oxygens (including phenoxy) is 1. The van der Waals surface area contributed by atoms with Crippen LogP contribution in [0.5, 0.6) is 0 Å². The average Bonchev–Trinajstić information content (AvgIpc) is 2.16.